The van der Waals surface area contributed by atoms with Gasteiger partial charge in [0.15, 0.2) is 0 Å². The first-order chi connectivity index (χ1) is 6.72. The van der Waals surface area contributed by atoms with Gasteiger partial charge in [-0.05, 0) is 23.8 Å². The molecule has 2 N–H and O–H groups in total. The summed E-state index contributed by atoms with van der Waals surface area (Å²) in [5.74, 6) is 0.0953. The average molecular weight is 255 g/mol. The monoisotopic (exact) mass is 254 g/mol. The molecule has 1 heterocycles. The molecule has 0 atom stereocenters. The molecule has 4 heteroatoms. The fourth-order valence-electron chi connectivity index (χ4n) is 1.69. The highest BCUT2D eigenvalue weighted by Gasteiger charge is 2.26. The highest BCUT2D eigenvalue weighted by atomic mass is 79.9. The minimum Gasteiger partial charge on any atom is -0.333 e. The van der Waals surface area contributed by atoms with Crippen LogP contribution in [-0.2, 0) is 6.54 Å². The number of benzene rings is 1. The highest BCUT2D eigenvalue weighted by Crippen LogP contribution is 2.25. The van der Waals surface area contributed by atoms with Crippen molar-refractivity contribution in [1.82, 2.24) is 4.90 Å². The molecule has 74 valence electrons. The number of hydrogen-bond acceptors (Lipinski definition) is 2. The van der Waals surface area contributed by atoms with E-state index in [0.717, 1.165) is 15.6 Å². The Labute approximate surface area is 91.0 Å². The third kappa shape index (κ3) is 1.55. The van der Waals surface area contributed by atoms with Crippen LogP contribution in [0.5, 0.6) is 0 Å². The SMILES string of the molecule is NCCN1Cc2cc(Br)ccc2C1=O. The van der Waals surface area contributed by atoms with Gasteiger partial charge in [-0.3, -0.25) is 4.79 Å². The molecule has 1 aliphatic rings. The maximum Gasteiger partial charge on any atom is 0.254 e. The standard InChI is InChI=1S/C10H11BrN2O/c11-8-1-2-9-7(5-8)6-13(4-3-12)10(9)14/h1-2,5H,3-4,6,12H2. The first kappa shape index (κ1) is 9.68. The number of carbonyl (C=O) groups is 1. The summed E-state index contributed by atoms with van der Waals surface area (Å²) < 4.78 is 1.01. The fraction of sp³-hybridized carbons (Fsp3) is 0.300. The number of amides is 1. The number of halogens is 1. The zero-order valence-corrected chi connectivity index (χ0v) is 9.25. The number of fused-ring (bicyclic) bond motifs is 1. The molecular formula is C10H11BrN2O. The van der Waals surface area contributed by atoms with Gasteiger partial charge in [-0.25, -0.2) is 0 Å². The Hall–Kier alpha value is -0.870. The van der Waals surface area contributed by atoms with Crippen molar-refractivity contribution in [3.05, 3.63) is 33.8 Å². The minimum absolute atomic E-state index is 0.0953. The molecule has 0 fully saturated rings. The second-order valence-corrected chi connectivity index (χ2v) is 4.23. The zero-order valence-electron chi connectivity index (χ0n) is 7.66. The molecule has 3 nitrogen and oxygen atoms in total. The van der Waals surface area contributed by atoms with Crippen molar-refractivity contribution in [3.63, 3.8) is 0 Å². The summed E-state index contributed by atoms with van der Waals surface area (Å²) in [6.07, 6.45) is 0. The number of nitrogens with zero attached hydrogens (tertiary/aromatic N) is 1. The van der Waals surface area contributed by atoms with Crippen LogP contribution < -0.4 is 5.73 Å². The van der Waals surface area contributed by atoms with E-state index in [0.29, 0.717) is 19.6 Å². The number of rotatable bonds is 2. The van der Waals surface area contributed by atoms with E-state index >= 15 is 0 Å². The van der Waals surface area contributed by atoms with Gasteiger partial charge >= 0.3 is 0 Å². The zero-order chi connectivity index (χ0) is 10.1. The van der Waals surface area contributed by atoms with E-state index in [-0.39, 0.29) is 5.91 Å². The van der Waals surface area contributed by atoms with Crippen molar-refractivity contribution in [2.45, 2.75) is 6.54 Å². The second-order valence-electron chi connectivity index (χ2n) is 3.32. The third-order valence-electron chi connectivity index (χ3n) is 2.35. The van der Waals surface area contributed by atoms with Gasteiger partial charge in [-0.15, -0.1) is 0 Å². The molecular weight excluding hydrogens is 244 g/mol. The first-order valence-electron chi connectivity index (χ1n) is 4.50. The minimum atomic E-state index is 0.0953. The van der Waals surface area contributed by atoms with Crippen LogP contribution in [0.3, 0.4) is 0 Å². The van der Waals surface area contributed by atoms with Crippen LogP contribution in [-0.4, -0.2) is 23.9 Å². The van der Waals surface area contributed by atoms with Crippen LogP contribution in [0.15, 0.2) is 22.7 Å². The Bertz CT molecular complexity index is 378. The molecule has 14 heavy (non-hydrogen) atoms. The lowest BCUT2D eigenvalue weighted by atomic mass is 10.1. The van der Waals surface area contributed by atoms with Crippen LogP contribution in [0.1, 0.15) is 15.9 Å². The maximum atomic E-state index is 11.8. The predicted octanol–water partition coefficient (Wildman–Crippen LogP) is 1.36. The third-order valence-corrected chi connectivity index (χ3v) is 2.84. The molecule has 0 aliphatic carbocycles. The summed E-state index contributed by atoms with van der Waals surface area (Å²) in [5, 5.41) is 0. The quantitative estimate of drug-likeness (QED) is 0.867. The van der Waals surface area contributed by atoms with Crippen LogP contribution >= 0.6 is 15.9 Å². The van der Waals surface area contributed by atoms with Gasteiger partial charge in [0.05, 0.1) is 0 Å². The van der Waals surface area contributed by atoms with E-state index < -0.39 is 0 Å². The van der Waals surface area contributed by atoms with Crippen LogP contribution in [0.2, 0.25) is 0 Å². The summed E-state index contributed by atoms with van der Waals surface area (Å²) in [7, 11) is 0. The largest absolute Gasteiger partial charge is 0.333 e. The molecule has 0 aromatic heterocycles. The predicted molar refractivity (Wildman–Crippen MR) is 57.9 cm³/mol. The maximum absolute atomic E-state index is 11.8. The first-order valence-corrected chi connectivity index (χ1v) is 5.29. The van der Waals surface area contributed by atoms with Gasteiger partial charge in [-0.1, -0.05) is 15.9 Å². The van der Waals surface area contributed by atoms with Gasteiger partial charge in [0.1, 0.15) is 0 Å². The Morgan fingerprint density at radius 1 is 1.50 bits per heavy atom. The Kier molecular flexibility index (Phi) is 2.56. The molecule has 0 unspecified atom stereocenters. The highest BCUT2D eigenvalue weighted by molar-refractivity contribution is 9.10. The second kappa shape index (κ2) is 3.71. The van der Waals surface area contributed by atoms with E-state index in [1.54, 1.807) is 4.90 Å². The summed E-state index contributed by atoms with van der Waals surface area (Å²) in [6, 6.07) is 5.74. The summed E-state index contributed by atoms with van der Waals surface area (Å²) in [4.78, 5) is 13.5. The van der Waals surface area contributed by atoms with Crippen molar-refractivity contribution in [2.24, 2.45) is 5.73 Å². The molecule has 0 saturated carbocycles. The van der Waals surface area contributed by atoms with E-state index in [1.807, 2.05) is 18.2 Å². The molecule has 0 saturated heterocycles. The van der Waals surface area contributed by atoms with E-state index in [2.05, 4.69) is 15.9 Å². The Morgan fingerprint density at radius 3 is 3.00 bits per heavy atom. The summed E-state index contributed by atoms with van der Waals surface area (Å²) in [6.45, 7) is 1.83. The van der Waals surface area contributed by atoms with Crippen molar-refractivity contribution < 1.29 is 4.79 Å². The Morgan fingerprint density at radius 2 is 2.29 bits per heavy atom. The molecule has 1 amide bonds. The fourth-order valence-corrected chi connectivity index (χ4v) is 2.09. The molecule has 0 radical (unpaired) electrons. The van der Waals surface area contributed by atoms with Crippen molar-refractivity contribution in [2.75, 3.05) is 13.1 Å². The molecule has 1 aromatic rings. The molecule has 0 bridgehead atoms. The number of nitrogens with two attached hydrogens (primary N) is 1. The molecule has 1 aromatic carbocycles. The average Bonchev–Trinajstić information content (AvgIpc) is 2.44. The van der Waals surface area contributed by atoms with Crippen LogP contribution in [0.25, 0.3) is 0 Å². The van der Waals surface area contributed by atoms with Crippen molar-refractivity contribution >= 4 is 21.8 Å². The molecule has 2 rings (SSSR count). The lowest BCUT2D eigenvalue weighted by molar-refractivity contribution is 0.0783. The van der Waals surface area contributed by atoms with Crippen molar-refractivity contribution in [1.29, 1.82) is 0 Å². The summed E-state index contributed by atoms with van der Waals surface area (Å²) >= 11 is 3.39. The summed E-state index contributed by atoms with van der Waals surface area (Å²) in [5.41, 5.74) is 7.32. The van der Waals surface area contributed by atoms with Gasteiger partial charge < -0.3 is 10.6 Å². The Balaban J connectivity index is 2.31. The normalized spacial score (nSPS) is 14.7. The van der Waals surface area contributed by atoms with Crippen molar-refractivity contribution in [3.8, 4) is 0 Å². The number of carbonyl (C=O) groups excluding carboxylic acids is 1. The van der Waals surface area contributed by atoms with Gasteiger partial charge in [-0.2, -0.15) is 0 Å². The smallest absolute Gasteiger partial charge is 0.254 e. The lowest BCUT2D eigenvalue weighted by Crippen LogP contribution is -2.29. The van der Waals surface area contributed by atoms with E-state index in [1.165, 1.54) is 0 Å². The molecule has 0 spiro atoms. The van der Waals surface area contributed by atoms with Gasteiger partial charge in [0.25, 0.3) is 5.91 Å². The van der Waals surface area contributed by atoms with Crippen LogP contribution in [0.4, 0.5) is 0 Å². The van der Waals surface area contributed by atoms with Gasteiger partial charge in [0.2, 0.25) is 0 Å². The van der Waals surface area contributed by atoms with Gasteiger partial charge in [0, 0.05) is 29.7 Å². The number of hydrogen-bond donors (Lipinski definition) is 1. The lowest BCUT2D eigenvalue weighted by Gasteiger charge is -2.13. The van der Waals surface area contributed by atoms with E-state index in [9.17, 15) is 4.79 Å². The van der Waals surface area contributed by atoms with E-state index in [4.69, 9.17) is 5.73 Å². The molecule has 1 aliphatic heterocycles. The van der Waals surface area contributed by atoms with Crippen LogP contribution in [0, 0.1) is 0 Å². The topological polar surface area (TPSA) is 46.3 Å².